The van der Waals surface area contributed by atoms with E-state index in [1.807, 2.05) is 31.4 Å². The number of morpholine rings is 1. The number of benzene rings is 1. The number of nitrogens with zero attached hydrogens (tertiary/aromatic N) is 2. The molecule has 2 aromatic heterocycles. The smallest absolute Gasteiger partial charge is 0.243 e. The third-order valence-corrected chi connectivity index (χ3v) is 8.34. The molecule has 4 rings (SSSR count). The van der Waals surface area contributed by atoms with E-state index in [2.05, 4.69) is 10.6 Å². The molecule has 0 radical (unpaired) electrons. The molecule has 0 spiro atoms. The van der Waals surface area contributed by atoms with Crippen molar-refractivity contribution in [1.29, 1.82) is 0 Å². The Bertz CT molecular complexity index is 1180. The van der Waals surface area contributed by atoms with Crippen LogP contribution in [0.4, 0.5) is 0 Å². The monoisotopic (exact) mass is 474 g/mol. The summed E-state index contributed by atoms with van der Waals surface area (Å²) in [7, 11) is -3.55. The van der Waals surface area contributed by atoms with Crippen LogP contribution in [0.2, 0.25) is 0 Å². The molecule has 0 bridgehead atoms. The lowest BCUT2D eigenvalue weighted by Crippen LogP contribution is -2.40. The molecule has 0 amide bonds. The predicted molar refractivity (Wildman–Crippen MR) is 123 cm³/mol. The van der Waals surface area contributed by atoms with Crippen molar-refractivity contribution in [3.05, 3.63) is 69.7 Å². The van der Waals surface area contributed by atoms with Crippen molar-refractivity contribution in [3.8, 4) is 5.75 Å². The van der Waals surface area contributed by atoms with Gasteiger partial charge in [-0.05, 0) is 55.6 Å². The van der Waals surface area contributed by atoms with E-state index in [1.165, 1.54) is 21.3 Å². The molecule has 1 aliphatic rings. The van der Waals surface area contributed by atoms with Gasteiger partial charge in [-0.2, -0.15) is 4.31 Å². The van der Waals surface area contributed by atoms with Gasteiger partial charge in [-0.3, -0.25) is 4.79 Å². The van der Waals surface area contributed by atoms with Crippen LogP contribution >= 0.6 is 11.3 Å². The molecular weight excluding hydrogens is 448 g/mol. The summed E-state index contributed by atoms with van der Waals surface area (Å²) in [5.41, 5.74) is 2.58. The Morgan fingerprint density at radius 2 is 1.84 bits per heavy atom. The Hall–Kier alpha value is -2.46. The normalized spacial score (nSPS) is 15.1. The second kappa shape index (κ2) is 9.58. The number of sulfonamides is 1. The summed E-state index contributed by atoms with van der Waals surface area (Å²) in [6, 6.07) is 12.2. The number of carbonyl (C=O) groups is 1. The highest BCUT2D eigenvalue weighted by Crippen LogP contribution is 2.22. The van der Waals surface area contributed by atoms with Gasteiger partial charge in [0.15, 0.2) is 6.61 Å². The minimum atomic E-state index is -3.55. The lowest BCUT2D eigenvalue weighted by molar-refractivity contribution is 0.0730. The summed E-state index contributed by atoms with van der Waals surface area (Å²) < 4.78 is 39.9. The van der Waals surface area contributed by atoms with Gasteiger partial charge in [0.1, 0.15) is 5.75 Å². The van der Waals surface area contributed by atoms with E-state index in [0.717, 1.165) is 17.9 Å². The Morgan fingerprint density at radius 1 is 1.12 bits per heavy atom. The minimum Gasteiger partial charge on any atom is -0.485 e. The molecule has 7 nitrogen and oxygen atoms in total. The molecule has 170 valence electrons. The molecule has 1 aliphatic heterocycles. The third kappa shape index (κ3) is 4.80. The van der Waals surface area contributed by atoms with Crippen LogP contribution in [0.1, 0.15) is 26.6 Å². The highest BCUT2D eigenvalue weighted by atomic mass is 32.2. The summed E-state index contributed by atoms with van der Waals surface area (Å²) in [6.07, 6.45) is 0. The SMILES string of the molecule is Cc1cc(C(=O)COc2ccc(S(=O)(=O)N3CCOCC3)cc2)c(C)n1Cc1cccs1. The first-order valence-electron chi connectivity index (χ1n) is 10.4. The summed E-state index contributed by atoms with van der Waals surface area (Å²) >= 11 is 1.69. The third-order valence-electron chi connectivity index (χ3n) is 5.57. The van der Waals surface area contributed by atoms with Gasteiger partial charge in [-0.15, -0.1) is 11.3 Å². The second-order valence-electron chi connectivity index (χ2n) is 7.65. The van der Waals surface area contributed by atoms with Gasteiger partial charge in [0.05, 0.1) is 24.7 Å². The first kappa shape index (κ1) is 22.7. The maximum absolute atomic E-state index is 12.8. The van der Waals surface area contributed by atoms with Gasteiger partial charge in [-0.25, -0.2) is 8.42 Å². The van der Waals surface area contributed by atoms with Gasteiger partial charge < -0.3 is 14.0 Å². The van der Waals surface area contributed by atoms with Gasteiger partial charge >= 0.3 is 0 Å². The van der Waals surface area contributed by atoms with Crippen molar-refractivity contribution >= 4 is 27.1 Å². The summed E-state index contributed by atoms with van der Waals surface area (Å²) in [4.78, 5) is 14.2. The lowest BCUT2D eigenvalue weighted by atomic mass is 10.1. The number of ether oxygens (including phenoxy) is 2. The van der Waals surface area contributed by atoms with Crippen molar-refractivity contribution in [2.75, 3.05) is 32.9 Å². The van der Waals surface area contributed by atoms with E-state index < -0.39 is 10.0 Å². The van der Waals surface area contributed by atoms with E-state index in [4.69, 9.17) is 9.47 Å². The predicted octanol–water partition coefficient (Wildman–Crippen LogP) is 3.50. The van der Waals surface area contributed by atoms with E-state index in [1.54, 1.807) is 23.5 Å². The Labute approximate surface area is 192 Å². The van der Waals surface area contributed by atoms with Crippen LogP contribution in [0.5, 0.6) is 5.75 Å². The Kier molecular flexibility index (Phi) is 6.80. The largest absolute Gasteiger partial charge is 0.485 e. The van der Waals surface area contributed by atoms with Crippen molar-refractivity contribution in [1.82, 2.24) is 8.87 Å². The van der Waals surface area contributed by atoms with Crippen molar-refractivity contribution in [3.63, 3.8) is 0 Å². The maximum atomic E-state index is 12.8. The molecule has 3 heterocycles. The van der Waals surface area contributed by atoms with Gasteiger partial charge in [0, 0.05) is 34.9 Å². The first-order valence-corrected chi connectivity index (χ1v) is 12.7. The highest BCUT2D eigenvalue weighted by Gasteiger charge is 2.26. The fourth-order valence-corrected chi connectivity index (χ4v) is 5.86. The van der Waals surface area contributed by atoms with Crippen LogP contribution in [-0.2, 0) is 21.3 Å². The molecular formula is C23H26N2O5S2. The Balaban J connectivity index is 1.40. The van der Waals surface area contributed by atoms with Gasteiger partial charge in [-0.1, -0.05) is 6.07 Å². The number of Topliss-reactive ketones (excluding diaryl/α,β-unsaturated/α-hetero) is 1. The molecule has 1 fully saturated rings. The van der Waals surface area contributed by atoms with Crippen LogP contribution in [-0.4, -0.2) is 56.0 Å². The summed E-state index contributed by atoms with van der Waals surface area (Å²) in [5.74, 6) is 0.340. The quantitative estimate of drug-likeness (QED) is 0.467. The number of rotatable bonds is 8. The van der Waals surface area contributed by atoms with Crippen molar-refractivity contribution in [2.24, 2.45) is 0 Å². The van der Waals surface area contributed by atoms with Crippen LogP contribution in [0.25, 0.3) is 0 Å². The number of aryl methyl sites for hydroxylation is 1. The zero-order chi connectivity index (χ0) is 22.7. The molecule has 0 N–H and O–H groups in total. The zero-order valence-corrected chi connectivity index (χ0v) is 19.7. The molecule has 9 heteroatoms. The highest BCUT2D eigenvalue weighted by molar-refractivity contribution is 7.89. The Morgan fingerprint density at radius 3 is 2.50 bits per heavy atom. The van der Waals surface area contributed by atoms with E-state index in [9.17, 15) is 13.2 Å². The topological polar surface area (TPSA) is 77.8 Å². The number of aromatic nitrogens is 1. The fraction of sp³-hybridized carbons (Fsp3) is 0.348. The lowest BCUT2D eigenvalue weighted by Gasteiger charge is -2.26. The van der Waals surface area contributed by atoms with Crippen LogP contribution in [0.3, 0.4) is 0 Å². The molecule has 0 unspecified atom stereocenters. The molecule has 1 aromatic carbocycles. The second-order valence-corrected chi connectivity index (χ2v) is 10.6. The number of hydrogen-bond donors (Lipinski definition) is 0. The van der Waals surface area contributed by atoms with E-state index in [0.29, 0.717) is 37.6 Å². The first-order chi connectivity index (χ1) is 15.4. The summed E-state index contributed by atoms with van der Waals surface area (Å²) in [5, 5.41) is 2.04. The molecule has 1 saturated heterocycles. The fourth-order valence-electron chi connectivity index (χ4n) is 3.76. The zero-order valence-electron chi connectivity index (χ0n) is 18.1. The van der Waals surface area contributed by atoms with E-state index in [-0.39, 0.29) is 17.3 Å². The molecule has 0 aliphatic carbocycles. The number of carbonyl (C=O) groups excluding carboxylic acids is 1. The van der Waals surface area contributed by atoms with E-state index >= 15 is 0 Å². The van der Waals surface area contributed by atoms with Crippen LogP contribution in [0.15, 0.2) is 52.7 Å². The average Bonchev–Trinajstić information content (AvgIpc) is 3.42. The molecule has 0 atom stereocenters. The molecule has 32 heavy (non-hydrogen) atoms. The molecule has 0 saturated carbocycles. The number of hydrogen-bond acceptors (Lipinski definition) is 6. The van der Waals surface area contributed by atoms with Crippen molar-refractivity contribution in [2.45, 2.75) is 25.3 Å². The van der Waals surface area contributed by atoms with Gasteiger partial charge in [0.2, 0.25) is 15.8 Å². The number of thiophene rings is 1. The average molecular weight is 475 g/mol. The minimum absolute atomic E-state index is 0.111. The van der Waals surface area contributed by atoms with Crippen LogP contribution in [0, 0.1) is 13.8 Å². The van der Waals surface area contributed by atoms with Gasteiger partial charge in [0.25, 0.3) is 0 Å². The van der Waals surface area contributed by atoms with Crippen molar-refractivity contribution < 1.29 is 22.7 Å². The molecule has 3 aromatic rings. The maximum Gasteiger partial charge on any atom is 0.243 e. The standard InChI is InChI=1S/C23H26N2O5S2/c1-17-14-22(18(2)25(17)15-20-4-3-13-31-20)23(26)16-30-19-5-7-21(8-6-19)32(27,28)24-9-11-29-12-10-24/h3-8,13-14H,9-12,15-16H2,1-2H3. The summed E-state index contributed by atoms with van der Waals surface area (Å²) in [6.45, 7) is 6.05. The number of ketones is 1. The van der Waals surface area contributed by atoms with Crippen LogP contribution < -0.4 is 4.74 Å².